The van der Waals surface area contributed by atoms with E-state index in [0.29, 0.717) is 11.6 Å². The van der Waals surface area contributed by atoms with Crippen LogP contribution in [-0.4, -0.2) is 43.2 Å². The first-order valence-corrected chi connectivity index (χ1v) is 9.41. The van der Waals surface area contributed by atoms with E-state index in [1.54, 1.807) is 18.5 Å². The number of aryl methyl sites for hydroxylation is 2. The maximum atomic E-state index is 11.3. The lowest BCUT2D eigenvalue weighted by atomic mass is 10.1. The molecule has 1 fully saturated rings. The molecule has 0 aliphatic carbocycles. The molecule has 1 saturated heterocycles. The third-order valence-corrected chi connectivity index (χ3v) is 5.47. The molecule has 0 saturated carbocycles. The number of hydrogen-bond donors (Lipinski definition) is 2. The Morgan fingerprint density at radius 3 is 2.75 bits per heavy atom. The quantitative estimate of drug-likeness (QED) is 0.648. The van der Waals surface area contributed by atoms with E-state index < -0.39 is 5.91 Å². The van der Waals surface area contributed by atoms with E-state index in [9.17, 15) is 4.79 Å². The van der Waals surface area contributed by atoms with Crippen LogP contribution in [0, 0.1) is 11.7 Å². The smallest absolute Gasteiger partial charge is 0.267 e. The molecule has 1 aliphatic rings. The fourth-order valence-electron chi connectivity index (χ4n) is 3.41. The monoisotopic (exact) mass is 399 g/mol. The van der Waals surface area contributed by atoms with Crippen LogP contribution >= 0.6 is 12.2 Å². The van der Waals surface area contributed by atoms with Crippen LogP contribution in [0.2, 0.25) is 0 Å². The van der Waals surface area contributed by atoms with Crippen LogP contribution in [0.1, 0.15) is 34.9 Å². The van der Waals surface area contributed by atoms with Crippen LogP contribution in [0.3, 0.4) is 0 Å². The van der Waals surface area contributed by atoms with Gasteiger partial charge in [0.2, 0.25) is 5.95 Å². The SMILES string of the molecule is Cc1cc(C(N)=O)ncc1Nc1ncc2c(n1)n(C1CCOCC1)c(=S)n2C. The average Bonchev–Trinajstić information content (AvgIpc) is 2.94. The van der Waals surface area contributed by atoms with Crippen molar-refractivity contribution in [3.63, 3.8) is 0 Å². The number of amides is 1. The Kier molecular flexibility index (Phi) is 4.82. The molecule has 28 heavy (non-hydrogen) atoms. The molecule has 1 aliphatic heterocycles. The summed E-state index contributed by atoms with van der Waals surface area (Å²) < 4.78 is 10.2. The van der Waals surface area contributed by atoms with Crippen LogP contribution in [0.4, 0.5) is 11.6 Å². The summed E-state index contributed by atoms with van der Waals surface area (Å²) in [5.74, 6) is -0.127. The minimum Gasteiger partial charge on any atom is -0.381 e. The summed E-state index contributed by atoms with van der Waals surface area (Å²) >= 11 is 5.65. The van der Waals surface area contributed by atoms with Crippen molar-refractivity contribution in [3.05, 3.63) is 34.5 Å². The number of nitrogens with one attached hydrogen (secondary N) is 1. The maximum Gasteiger partial charge on any atom is 0.267 e. The van der Waals surface area contributed by atoms with Crippen molar-refractivity contribution in [2.75, 3.05) is 18.5 Å². The number of nitrogens with zero attached hydrogens (tertiary/aromatic N) is 5. The highest BCUT2D eigenvalue weighted by Crippen LogP contribution is 2.28. The molecule has 1 amide bonds. The van der Waals surface area contributed by atoms with Gasteiger partial charge >= 0.3 is 0 Å². The van der Waals surface area contributed by atoms with Gasteiger partial charge in [0.05, 0.1) is 18.1 Å². The molecule has 4 rings (SSSR count). The lowest BCUT2D eigenvalue weighted by molar-refractivity contribution is 0.0700. The first kappa shape index (κ1) is 18.5. The Hall–Kier alpha value is -2.85. The minimum atomic E-state index is -0.563. The molecule has 146 valence electrons. The molecule has 4 heterocycles. The van der Waals surface area contributed by atoms with E-state index in [1.807, 2.05) is 18.5 Å². The number of carbonyl (C=O) groups excluding carboxylic acids is 1. The lowest BCUT2D eigenvalue weighted by Crippen LogP contribution is -2.20. The van der Waals surface area contributed by atoms with Gasteiger partial charge in [-0.1, -0.05) is 0 Å². The fourth-order valence-corrected chi connectivity index (χ4v) is 3.74. The number of hydrogen-bond acceptors (Lipinski definition) is 7. The van der Waals surface area contributed by atoms with Gasteiger partial charge < -0.3 is 20.4 Å². The second-order valence-corrected chi connectivity index (χ2v) is 7.20. The number of nitrogens with two attached hydrogens (primary N) is 1. The standard InChI is InChI=1S/C18H21N7O2S/c1-10-7-12(15(19)26)20-8-13(10)22-17-21-9-14-16(23-17)25(18(28)24(14)2)11-3-5-27-6-4-11/h7-9,11H,3-6H2,1-2H3,(H2,19,26)(H,21,22,23). The number of rotatable bonds is 4. The lowest BCUT2D eigenvalue weighted by Gasteiger charge is -2.23. The normalized spacial score (nSPS) is 15.1. The number of primary amides is 1. The van der Waals surface area contributed by atoms with Crippen molar-refractivity contribution in [3.8, 4) is 0 Å². The molecule has 0 unspecified atom stereocenters. The number of pyridine rings is 1. The molecule has 0 aromatic carbocycles. The zero-order chi connectivity index (χ0) is 19.8. The molecular weight excluding hydrogens is 378 g/mol. The number of carbonyl (C=O) groups is 1. The Labute approximate surface area is 166 Å². The van der Waals surface area contributed by atoms with Crippen LogP contribution in [0.25, 0.3) is 11.2 Å². The fraction of sp³-hybridized carbons (Fsp3) is 0.389. The third kappa shape index (κ3) is 3.25. The van der Waals surface area contributed by atoms with Gasteiger partial charge in [0.1, 0.15) is 11.2 Å². The van der Waals surface area contributed by atoms with E-state index in [-0.39, 0.29) is 11.7 Å². The van der Waals surface area contributed by atoms with Crippen LogP contribution < -0.4 is 11.1 Å². The van der Waals surface area contributed by atoms with Gasteiger partial charge in [-0.15, -0.1) is 0 Å². The number of imidazole rings is 1. The van der Waals surface area contributed by atoms with E-state index in [1.165, 1.54) is 0 Å². The maximum absolute atomic E-state index is 11.3. The minimum absolute atomic E-state index is 0.218. The van der Waals surface area contributed by atoms with Gasteiger partial charge in [-0.05, 0) is 43.6 Å². The number of fused-ring (bicyclic) bond motifs is 1. The van der Waals surface area contributed by atoms with Gasteiger partial charge in [-0.3, -0.25) is 9.36 Å². The van der Waals surface area contributed by atoms with Crippen molar-refractivity contribution < 1.29 is 9.53 Å². The van der Waals surface area contributed by atoms with Gasteiger partial charge in [-0.25, -0.2) is 9.97 Å². The van der Waals surface area contributed by atoms with E-state index in [2.05, 4.69) is 19.9 Å². The molecule has 3 N–H and O–H groups in total. The van der Waals surface area contributed by atoms with Crippen molar-refractivity contribution in [2.45, 2.75) is 25.8 Å². The van der Waals surface area contributed by atoms with E-state index in [4.69, 9.17) is 27.7 Å². The van der Waals surface area contributed by atoms with Crippen molar-refractivity contribution in [2.24, 2.45) is 12.8 Å². The summed E-state index contributed by atoms with van der Waals surface area (Å²) in [5, 5.41) is 3.17. The second kappa shape index (κ2) is 7.28. The largest absolute Gasteiger partial charge is 0.381 e. The highest BCUT2D eigenvalue weighted by molar-refractivity contribution is 7.71. The Bertz CT molecular complexity index is 1120. The Morgan fingerprint density at radius 2 is 2.07 bits per heavy atom. The Morgan fingerprint density at radius 1 is 1.32 bits per heavy atom. The molecule has 0 bridgehead atoms. The van der Waals surface area contributed by atoms with Gasteiger partial charge in [-0.2, -0.15) is 4.98 Å². The second-order valence-electron chi connectivity index (χ2n) is 6.83. The van der Waals surface area contributed by atoms with Crippen molar-refractivity contribution in [1.82, 2.24) is 24.1 Å². The topological polar surface area (TPSA) is 113 Å². The zero-order valence-electron chi connectivity index (χ0n) is 15.7. The summed E-state index contributed by atoms with van der Waals surface area (Å²) in [6.45, 7) is 3.30. The highest BCUT2D eigenvalue weighted by atomic mass is 32.1. The Balaban J connectivity index is 1.73. The van der Waals surface area contributed by atoms with Crippen LogP contribution in [-0.2, 0) is 11.8 Å². The van der Waals surface area contributed by atoms with E-state index >= 15 is 0 Å². The summed E-state index contributed by atoms with van der Waals surface area (Å²) in [6.07, 6.45) is 5.12. The molecular formula is C18H21N7O2S. The number of ether oxygens (including phenoxy) is 1. The summed E-state index contributed by atoms with van der Waals surface area (Å²) in [7, 11) is 1.92. The van der Waals surface area contributed by atoms with Gasteiger partial charge in [0, 0.05) is 26.3 Å². The van der Waals surface area contributed by atoms with Gasteiger partial charge in [0.15, 0.2) is 10.4 Å². The average molecular weight is 399 g/mol. The van der Waals surface area contributed by atoms with Crippen molar-refractivity contribution >= 4 is 40.9 Å². The predicted molar refractivity (Wildman–Crippen MR) is 107 cm³/mol. The molecule has 9 nitrogen and oxygen atoms in total. The molecule has 3 aromatic rings. The molecule has 0 atom stereocenters. The summed E-state index contributed by atoms with van der Waals surface area (Å²) in [5.41, 5.74) is 8.69. The molecule has 0 spiro atoms. The summed E-state index contributed by atoms with van der Waals surface area (Å²) in [4.78, 5) is 24.5. The molecule has 10 heteroatoms. The highest BCUT2D eigenvalue weighted by Gasteiger charge is 2.22. The van der Waals surface area contributed by atoms with Crippen LogP contribution in [0.5, 0.6) is 0 Å². The first-order chi connectivity index (χ1) is 13.5. The third-order valence-electron chi connectivity index (χ3n) is 5.00. The number of aromatic nitrogens is 5. The van der Waals surface area contributed by atoms with Crippen LogP contribution in [0.15, 0.2) is 18.5 Å². The number of anilines is 2. The first-order valence-electron chi connectivity index (χ1n) is 9.01. The van der Waals surface area contributed by atoms with Crippen molar-refractivity contribution in [1.29, 1.82) is 0 Å². The van der Waals surface area contributed by atoms with E-state index in [0.717, 1.165) is 47.6 Å². The van der Waals surface area contributed by atoms with Gasteiger partial charge in [0.25, 0.3) is 5.91 Å². The zero-order valence-corrected chi connectivity index (χ0v) is 16.5. The predicted octanol–water partition coefficient (Wildman–Crippen LogP) is 2.40. The molecule has 0 radical (unpaired) electrons. The summed E-state index contributed by atoms with van der Waals surface area (Å²) in [6, 6.07) is 1.89. The molecule has 3 aromatic heterocycles.